The van der Waals surface area contributed by atoms with E-state index in [1.165, 1.54) is 16.1 Å². The van der Waals surface area contributed by atoms with Crippen LogP contribution in [-0.4, -0.2) is 48.0 Å². The molecule has 0 radical (unpaired) electrons. The van der Waals surface area contributed by atoms with Crippen molar-refractivity contribution >= 4 is 46.7 Å². The Morgan fingerprint density at radius 1 is 1.09 bits per heavy atom. The smallest absolute Gasteiger partial charge is 0.410 e. The molecular formula is C26H30Cl2N2O2S. The summed E-state index contributed by atoms with van der Waals surface area (Å²) in [6.45, 7) is 8.30. The van der Waals surface area contributed by atoms with E-state index in [0.29, 0.717) is 22.0 Å². The number of carbonyl (C=O) groups excluding carboxylic acids is 1. The summed E-state index contributed by atoms with van der Waals surface area (Å²) in [6, 6.07) is 10.8. The standard InChI is InChI=1S/C26H30Cl2N2O2S/c1-26(2,3)32-25(31)29-10-7-19-20-13-16(18-6-5-17(27)15-21(18)28)14-23-24(20)30(9-4-12-33-23)22(19)8-11-29/h5-6,13-15,19,22H,4,7-12H2,1-3H3/t19-,22-/m0/s1. The first-order chi connectivity index (χ1) is 15.7. The van der Waals surface area contributed by atoms with Crippen LogP contribution >= 0.6 is 35.0 Å². The van der Waals surface area contributed by atoms with Gasteiger partial charge in [0.2, 0.25) is 0 Å². The summed E-state index contributed by atoms with van der Waals surface area (Å²) in [6.07, 6.45) is 2.86. The van der Waals surface area contributed by atoms with Gasteiger partial charge < -0.3 is 14.5 Å². The first kappa shape index (κ1) is 23.2. The Balaban J connectivity index is 1.51. The lowest BCUT2D eigenvalue weighted by molar-refractivity contribution is 0.0255. The van der Waals surface area contributed by atoms with Crippen molar-refractivity contribution in [2.45, 2.75) is 62.5 Å². The molecule has 1 amide bonds. The maximum atomic E-state index is 12.8. The minimum Gasteiger partial charge on any atom is -0.444 e. The number of carbonyl (C=O) groups is 1. The number of anilines is 1. The number of hydrogen-bond donors (Lipinski definition) is 0. The van der Waals surface area contributed by atoms with E-state index in [2.05, 4.69) is 17.0 Å². The monoisotopic (exact) mass is 504 g/mol. The lowest BCUT2D eigenvalue weighted by atomic mass is 9.89. The third-order valence-electron chi connectivity index (χ3n) is 6.76. The van der Waals surface area contributed by atoms with E-state index in [1.807, 2.05) is 55.6 Å². The quantitative estimate of drug-likeness (QED) is 0.403. The number of nitrogens with zero attached hydrogens (tertiary/aromatic N) is 2. The van der Waals surface area contributed by atoms with Crippen LogP contribution in [0.3, 0.4) is 0 Å². The Bertz CT molecular complexity index is 1080. The molecule has 0 aliphatic carbocycles. The molecule has 0 N–H and O–H groups in total. The van der Waals surface area contributed by atoms with Gasteiger partial charge >= 0.3 is 6.09 Å². The summed E-state index contributed by atoms with van der Waals surface area (Å²) in [5.41, 5.74) is 4.50. The number of fused-ring (bicyclic) bond motifs is 3. The van der Waals surface area contributed by atoms with Crippen molar-refractivity contribution in [2.75, 3.05) is 30.3 Å². The predicted octanol–water partition coefficient (Wildman–Crippen LogP) is 7.46. The van der Waals surface area contributed by atoms with Gasteiger partial charge in [-0.3, -0.25) is 0 Å². The molecule has 33 heavy (non-hydrogen) atoms. The van der Waals surface area contributed by atoms with Gasteiger partial charge in [-0.2, -0.15) is 0 Å². The van der Waals surface area contributed by atoms with Crippen molar-refractivity contribution in [3.05, 3.63) is 45.9 Å². The SMILES string of the molecule is CC(C)(C)OC(=O)N1CC[C@H]2c3cc(-c4ccc(Cl)cc4Cl)cc4c3N(CCCS4)[C@H]2CC1. The average Bonchev–Trinajstić information content (AvgIpc) is 2.91. The molecule has 4 nitrogen and oxygen atoms in total. The molecule has 1 saturated heterocycles. The first-order valence-corrected chi connectivity index (χ1v) is 13.5. The molecular weight excluding hydrogens is 475 g/mol. The van der Waals surface area contributed by atoms with Crippen LogP contribution in [0, 0.1) is 0 Å². The Morgan fingerprint density at radius 3 is 2.64 bits per heavy atom. The van der Waals surface area contributed by atoms with E-state index >= 15 is 0 Å². The Kier molecular flexibility index (Phi) is 6.26. The summed E-state index contributed by atoms with van der Waals surface area (Å²) in [7, 11) is 0. The third kappa shape index (κ3) is 4.56. The Morgan fingerprint density at radius 2 is 1.88 bits per heavy atom. The summed E-state index contributed by atoms with van der Waals surface area (Å²) in [4.78, 5) is 18.6. The highest BCUT2D eigenvalue weighted by atomic mass is 35.5. The van der Waals surface area contributed by atoms with Crippen molar-refractivity contribution in [3.63, 3.8) is 0 Å². The highest BCUT2D eigenvalue weighted by Gasteiger charge is 2.43. The van der Waals surface area contributed by atoms with E-state index in [0.717, 1.165) is 55.8 Å². The van der Waals surface area contributed by atoms with Crippen LogP contribution in [-0.2, 0) is 4.74 Å². The molecule has 0 bridgehead atoms. The Hall–Kier alpha value is -1.56. The van der Waals surface area contributed by atoms with Gasteiger partial charge in [-0.15, -0.1) is 11.8 Å². The number of halogens is 2. The Labute approximate surface area is 210 Å². The van der Waals surface area contributed by atoms with Gasteiger partial charge in [0.1, 0.15) is 5.60 Å². The van der Waals surface area contributed by atoms with Crippen molar-refractivity contribution < 1.29 is 9.53 Å². The highest BCUT2D eigenvalue weighted by Crippen LogP contribution is 2.52. The molecule has 2 atom stereocenters. The maximum absolute atomic E-state index is 12.8. The zero-order valence-electron chi connectivity index (χ0n) is 19.4. The molecule has 3 heterocycles. The molecule has 2 aromatic rings. The van der Waals surface area contributed by atoms with Gasteiger partial charge in [0, 0.05) is 52.1 Å². The fourth-order valence-electron chi connectivity index (χ4n) is 5.40. The molecule has 0 aromatic heterocycles. The number of likely N-dealkylation sites (tertiary alicyclic amines) is 1. The number of amides is 1. The van der Waals surface area contributed by atoms with Crippen molar-refractivity contribution in [2.24, 2.45) is 0 Å². The second-order valence-electron chi connectivity index (χ2n) is 10.2. The van der Waals surface area contributed by atoms with Crippen LogP contribution in [0.1, 0.15) is 51.5 Å². The van der Waals surface area contributed by atoms with Crippen molar-refractivity contribution in [3.8, 4) is 11.1 Å². The van der Waals surface area contributed by atoms with Gasteiger partial charge in [-0.25, -0.2) is 4.79 Å². The zero-order chi connectivity index (χ0) is 23.3. The zero-order valence-corrected chi connectivity index (χ0v) is 21.7. The summed E-state index contributed by atoms with van der Waals surface area (Å²) in [5, 5.41) is 1.33. The predicted molar refractivity (Wildman–Crippen MR) is 138 cm³/mol. The molecule has 7 heteroatoms. The number of ether oxygens (including phenoxy) is 1. The van der Waals surface area contributed by atoms with Crippen LogP contribution in [0.5, 0.6) is 0 Å². The van der Waals surface area contributed by atoms with E-state index in [-0.39, 0.29) is 6.09 Å². The fourth-order valence-corrected chi connectivity index (χ4v) is 7.00. The van der Waals surface area contributed by atoms with Crippen LogP contribution in [0.2, 0.25) is 10.0 Å². The molecule has 1 fully saturated rings. The summed E-state index contributed by atoms with van der Waals surface area (Å²) < 4.78 is 5.67. The molecule has 2 aromatic carbocycles. The second-order valence-corrected chi connectivity index (χ2v) is 12.1. The van der Waals surface area contributed by atoms with Gasteiger partial charge in [0.15, 0.2) is 0 Å². The molecule has 3 aliphatic rings. The summed E-state index contributed by atoms with van der Waals surface area (Å²) >= 11 is 14.7. The van der Waals surface area contributed by atoms with E-state index in [1.54, 1.807) is 0 Å². The topological polar surface area (TPSA) is 32.8 Å². The molecule has 3 aliphatic heterocycles. The lowest BCUT2D eigenvalue weighted by Gasteiger charge is -2.29. The summed E-state index contributed by atoms with van der Waals surface area (Å²) in [5.74, 6) is 1.51. The molecule has 176 valence electrons. The van der Waals surface area contributed by atoms with Gasteiger partial charge in [-0.05, 0) is 81.2 Å². The van der Waals surface area contributed by atoms with Crippen LogP contribution in [0.25, 0.3) is 11.1 Å². The number of thioether (sulfide) groups is 1. The van der Waals surface area contributed by atoms with Gasteiger partial charge in [-0.1, -0.05) is 29.3 Å². The van der Waals surface area contributed by atoms with Crippen molar-refractivity contribution in [1.82, 2.24) is 4.90 Å². The molecule has 5 rings (SSSR count). The average molecular weight is 506 g/mol. The normalized spacial score (nSPS) is 22.3. The van der Waals surface area contributed by atoms with E-state index in [4.69, 9.17) is 27.9 Å². The second kappa shape index (κ2) is 8.90. The molecule has 0 spiro atoms. The largest absolute Gasteiger partial charge is 0.444 e. The minimum absolute atomic E-state index is 0.198. The fraction of sp³-hybridized carbons (Fsp3) is 0.500. The van der Waals surface area contributed by atoms with E-state index < -0.39 is 5.60 Å². The number of benzene rings is 2. The minimum atomic E-state index is -0.477. The lowest BCUT2D eigenvalue weighted by Crippen LogP contribution is -2.39. The van der Waals surface area contributed by atoms with Crippen molar-refractivity contribution in [1.29, 1.82) is 0 Å². The van der Waals surface area contributed by atoms with Crippen LogP contribution in [0.15, 0.2) is 35.2 Å². The highest BCUT2D eigenvalue weighted by molar-refractivity contribution is 7.99. The third-order valence-corrected chi connectivity index (χ3v) is 8.42. The maximum Gasteiger partial charge on any atom is 0.410 e. The number of rotatable bonds is 1. The van der Waals surface area contributed by atoms with E-state index in [9.17, 15) is 4.79 Å². The number of hydrogen-bond acceptors (Lipinski definition) is 4. The van der Waals surface area contributed by atoms with Crippen LogP contribution < -0.4 is 4.90 Å². The molecule has 0 saturated carbocycles. The van der Waals surface area contributed by atoms with Gasteiger partial charge in [0.25, 0.3) is 0 Å². The van der Waals surface area contributed by atoms with Crippen LogP contribution in [0.4, 0.5) is 10.5 Å². The molecule has 0 unspecified atom stereocenters. The van der Waals surface area contributed by atoms with Gasteiger partial charge in [0.05, 0.1) is 5.69 Å². The first-order valence-electron chi connectivity index (χ1n) is 11.7.